The van der Waals surface area contributed by atoms with E-state index in [1.54, 1.807) is 0 Å². The van der Waals surface area contributed by atoms with E-state index < -0.39 is 0 Å². The van der Waals surface area contributed by atoms with E-state index in [0.717, 1.165) is 45.0 Å². The summed E-state index contributed by atoms with van der Waals surface area (Å²) >= 11 is 0. The van der Waals surface area contributed by atoms with E-state index in [9.17, 15) is 0 Å². The van der Waals surface area contributed by atoms with E-state index in [2.05, 4.69) is 215 Å². The Morgan fingerprint density at radius 3 is 1.16 bits per heavy atom. The first-order chi connectivity index (χ1) is 27.8. The maximum absolute atomic E-state index is 5.24. The third kappa shape index (κ3) is 5.31. The fourth-order valence-corrected chi connectivity index (χ4v) is 8.30. The van der Waals surface area contributed by atoms with Crippen molar-refractivity contribution in [1.82, 2.24) is 19.1 Å². The Hall–Kier alpha value is -7.56. The van der Waals surface area contributed by atoms with Crippen LogP contribution in [-0.2, 0) is 0 Å². The summed E-state index contributed by atoms with van der Waals surface area (Å²) in [5.74, 6) is 0.683. The first-order valence-corrected chi connectivity index (χ1v) is 19.0. The number of aromatic nitrogens is 4. The number of hydrogen-bond acceptors (Lipinski definition) is 2. The van der Waals surface area contributed by atoms with Crippen molar-refractivity contribution in [2.45, 2.75) is 0 Å². The van der Waals surface area contributed by atoms with Crippen LogP contribution in [0.5, 0.6) is 0 Å². The third-order valence-electron chi connectivity index (χ3n) is 11.0. The first-order valence-electron chi connectivity index (χ1n) is 19.0. The van der Waals surface area contributed by atoms with Crippen molar-refractivity contribution in [2.75, 3.05) is 0 Å². The fraction of sp³-hybridized carbons (Fsp3) is 0. The average molecular weight is 715 g/mol. The Morgan fingerprint density at radius 1 is 0.268 bits per heavy atom. The molecule has 4 heteroatoms. The molecule has 0 aliphatic rings. The Bertz CT molecular complexity index is 2940. The molecule has 56 heavy (non-hydrogen) atoms. The molecule has 0 saturated carbocycles. The summed E-state index contributed by atoms with van der Waals surface area (Å²) in [6, 6.07) is 73.1. The maximum Gasteiger partial charge on any atom is 0.160 e. The minimum Gasteiger partial charge on any atom is -0.309 e. The zero-order valence-corrected chi connectivity index (χ0v) is 30.4. The van der Waals surface area contributed by atoms with E-state index in [1.807, 2.05) is 0 Å². The van der Waals surface area contributed by atoms with Crippen LogP contribution in [0.1, 0.15) is 0 Å². The molecule has 0 unspecified atom stereocenters. The zero-order valence-electron chi connectivity index (χ0n) is 30.4. The average Bonchev–Trinajstić information content (AvgIpc) is 3.80. The van der Waals surface area contributed by atoms with Crippen LogP contribution in [0.2, 0.25) is 0 Å². The van der Waals surface area contributed by atoms with Gasteiger partial charge in [0, 0.05) is 49.6 Å². The number of hydrogen-bond donors (Lipinski definition) is 0. The van der Waals surface area contributed by atoms with Gasteiger partial charge in [0.2, 0.25) is 0 Å². The van der Waals surface area contributed by atoms with Gasteiger partial charge in [-0.25, -0.2) is 9.97 Å². The van der Waals surface area contributed by atoms with Gasteiger partial charge in [-0.2, -0.15) is 0 Å². The molecule has 0 aliphatic carbocycles. The quantitative estimate of drug-likeness (QED) is 0.172. The van der Waals surface area contributed by atoms with Crippen molar-refractivity contribution in [3.05, 3.63) is 206 Å². The highest BCUT2D eigenvalue weighted by molar-refractivity contribution is 6.10. The predicted octanol–water partition coefficient (Wildman–Crippen LogP) is 13.3. The van der Waals surface area contributed by atoms with Crippen LogP contribution in [0.4, 0.5) is 0 Å². The lowest BCUT2D eigenvalue weighted by Crippen LogP contribution is -1.98. The number of rotatable bonds is 6. The Labute approximate surface area is 324 Å². The standard InChI is InChI=1S/C52H34N4/c1-2-13-35(14-3-1)38-15-12-16-39(33-38)47-34-46(36-25-29-40(30-26-36)55-48-21-8-4-17-42(48)43-18-5-9-22-49(43)55)53-52(54-47)37-27-31-41(32-28-37)56-50-23-10-6-19-44(50)45-20-7-11-24-51(45)56/h1-34H. The Morgan fingerprint density at radius 2 is 0.661 bits per heavy atom. The lowest BCUT2D eigenvalue weighted by atomic mass is 10.0. The van der Waals surface area contributed by atoms with Crippen LogP contribution in [0.3, 0.4) is 0 Å². The van der Waals surface area contributed by atoms with Gasteiger partial charge in [0.05, 0.1) is 33.5 Å². The zero-order chi connectivity index (χ0) is 37.0. The molecule has 3 aromatic heterocycles. The van der Waals surface area contributed by atoms with Crippen LogP contribution in [0, 0.1) is 0 Å². The largest absolute Gasteiger partial charge is 0.309 e. The molecular formula is C52H34N4. The number of para-hydroxylation sites is 4. The van der Waals surface area contributed by atoms with Crippen LogP contribution >= 0.6 is 0 Å². The second kappa shape index (κ2) is 13.1. The number of nitrogens with zero attached hydrogens (tertiary/aromatic N) is 4. The molecule has 0 amide bonds. The summed E-state index contributed by atoms with van der Waals surface area (Å²) in [6.45, 7) is 0. The summed E-state index contributed by atoms with van der Waals surface area (Å²) in [7, 11) is 0. The van der Waals surface area contributed by atoms with Crippen molar-refractivity contribution in [3.8, 4) is 56.4 Å². The Kier molecular flexibility index (Phi) is 7.46. The van der Waals surface area contributed by atoms with Crippen LogP contribution < -0.4 is 0 Å². The minimum absolute atomic E-state index is 0.683. The van der Waals surface area contributed by atoms with Crippen LogP contribution in [0.25, 0.3) is 100 Å². The second-order valence-corrected chi connectivity index (χ2v) is 14.2. The smallest absolute Gasteiger partial charge is 0.160 e. The van der Waals surface area contributed by atoms with Crippen LogP contribution in [-0.4, -0.2) is 19.1 Å². The molecular weight excluding hydrogens is 681 g/mol. The first kappa shape index (κ1) is 31.9. The minimum atomic E-state index is 0.683. The van der Waals surface area contributed by atoms with Crippen LogP contribution in [0.15, 0.2) is 206 Å². The van der Waals surface area contributed by atoms with Crippen molar-refractivity contribution in [1.29, 1.82) is 0 Å². The second-order valence-electron chi connectivity index (χ2n) is 14.2. The van der Waals surface area contributed by atoms with Gasteiger partial charge in [-0.1, -0.05) is 133 Å². The molecule has 4 nitrogen and oxygen atoms in total. The molecule has 8 aromatic carbocycles. The lowest BCUT2D eigenvalue weighted by molar-refractivity contribution is 1.16. The predicted molar refractivity (Wildman–Crippen MR) is 232 cm³/mol. The highest BCUT2D eigenvalue weighted by Crippen LogP contribution is 2.36. The van der Waals surface area contributed by atoms with Crippen molar-refractivity contribution >= 4 is 43.6 Å². The monoisotopic (exact) mass is 714 g/mol. The molecule has 11 aromatic rings. The summed E-state index contributed by atoms with van der Waals surface area (Å²) in [6.07, 6.45) is 0. The highest BCUT2D eigenvalue weighted by Gasteiger charge is 2.16. The van der Waals surface area contributed by atoms with Gasteiger partial charge in [0.1, 0.15) is 0 Å². The van der Waals surface area contributed by atoms with E-state index in [-0.39, 0.29) is 0 Å². The molecule has 0 spiro atoms. The topological polar surface area (TPSA) is 35.6 Å². The molecule has 11 rings (SSSR count). The van der Waals surface area contributed by atoms with Crippen molar-refractivity contribution in [3.63, 3.8) is 0 Å². The van der Waals surface area contributed by atoms with Gasteiger partial charge in [0.25, 0.3) is 0 Å². The van der Waals surface area contributed by atoms with Crippen molar-refractivity contribution in [2.24, 2.45) is 0 Å². The fourth-order valence-electron chi connectivity index (χ4n) is 8.30. The van der Waals surface area contributed by atoms with Gasteiger partial charge in [-0.3, -0.25) is 0 Å². The third-order valence-corrected chi connectivity index (χ3v) is 11.0. The van der Waals surface area contributed by atoms with E-state index in [0.29, 0.717) is 5.82 Å². The Balaban J connectivity index is 1.03. The highest BCUT2D eigenvalue weighted by atomic mass is 15.0. The maximum atomic E-state index is 5.24. The summed E-state index contributed by atoms with van der Waals surface area (Å²) in [5, 5.41) is 4.99. The molecule has 0 aliphatic heterocycles. The summed E-state index contributed by atoms with van der Waals surface area (Å²) in [4.78, 5) is 10.5. The molecule has 0 bridgehead atoms. The molecule has 0 atom stereocenters. The van der Waals surface area contributed by atoms with Gasteiger partial charge >= 0.3 is 0 Å². The SMILES string of the molecule is c1ccc(-c2cccc(-c3cc(-c4ccc(-n5c6ccccc6c6ccccc65)cc4)nc(-c4ccc(-n5c6ccccc6c6ccccc65)cc4)n3)c2)cc1. The normalized spacial score (nSPS) is 11.6. The molecule has 0 radical (unpaired) electrons. The molecule has 0 N–H and O–H groups in total. The van der Waals surface area contributed by atoms with Crippen molar-refractivity contribution < 1.29 is 0 Å². The number of fused-ring (bicyclic) bond motifs is 6. The molecule has 262 valence electrons. The van der Waals surface area contributed by atoms with E-state index >= 15 is 0 Å². The van der Waals surface area contributed by atoms with E-state index in [1.165, 1.54) is 49.2 Å². The van der Waals surface area contributed by atoms with Gasteiger partial charge in [0.15, 0.2) is 5.82 Å². The van der Waals surface area contributed by atoms with E-state index in [4.69, 9.17) is 9.97 Å². The summed E-state index contributed by atoms with van der Waals surface area (Å²) < 4.78 is 4.68. The number of benzene rings is 8. The van der Waals surface area contributed by atoms with Gasteiger partial charge < -0.3 is 9.13 Å². The summed E-state index contributed by atoms with van der Waals surface area (Å²) in [5.41, 5.74) is 14.0. The molecule has 0 fully saturated rings. The van der Waals surface area contributed by atoms with Gasteiger partial charge in [-0.15, -0.1) is 0 Å². The molecule has 0 saturated heterocycles. The lowest BCUT2D eigenvalue weighted by Gasteiger charge is -2.13. The van der Waals surface area contributed by atoms with Gasteiger partial charge in [-0.05, 0) is 83.9 Å². The molecule has 3 heterocycles.